The normalized spacial score (nSPS) is 11.4. The third-order valence-corrected chi connectivity index (χ3v) is 2.64. The molecule has 0 aromatic heterocycles. The molecule has 0 saturated carbocycles. The van der Waals surface area contributed by atoms with E-state index < -0.39 is 10.0 Å². The van der Waals surface area contributed by atoms with E-state index in [9.17, 15) is 13.2 Å². The first kappa shape index (κ1) is 15.3. The Labute approximate surface area is 97.4 Å². The van der Waals surface area contributed by atoms with Gasteiger partial charge in [0.15, 0.2) is 0 Å². The molecule has 0 aliphatic rings. The minimum Gasteiger partial charge on any atom is -0.349 e. The summed E-state index contributed by atoms with van der Waals surface area (Å²) in [7, 11) is 0.364. The predicted molar refractivity (Wildman–Crippen MR) is 63.6 cm³/mol. The van der Waals surface area contributed by atoms with Crippen LogP contribution in [0.25, 0.3) is 0 Å². The zero-order valence-corrected chi connectivity index (χ0v) is 10.9. The number of carbonyl (C=O) groups excluding carboxylic acids is 1. The number of hydrogen-bond acceptors (Lipinski definition) is 4. The molecule has 16 heavy (non-hydrogen) atoms. The number of amides is 1. The number of nitrogens with one attached hydrogen (secondary N) is 2. The lowest BCUT2D eigenvalue weighted by atomic mass is 10.3. The molecule has 0 aromatic rings. The predicted octanol–water partition coefficient (Wildman–Crippen LogP) is -1.01. The van der Waals surface area contributed by atoms with Gasteiger partial charge in [-0.15, -0.1) is 0 Å². The molecule has 0 fully saturated rings. The zero-order valence-electron chi connectivity index (χ0n) is 10.1. The Hall–Kier alpha value is -0.660. The highest BCUT2D eigenvalue weighted by Crippen LogP contribution is 1.91. The highest BCUT2D eigenvalue weighted by molar-refractivity contribution is 7.88. The van der Waals surface area contributed by atoms with Crippen molar-refractivity contribution in [3.63, 3.8) is 0 Å². The molecule has 0 aromatic carbocycles. The van der Waals surface area contributed by atoms with Gasteiger partial charge in [-0.1, -0.05) is 0 Å². The Kier molecular flexibility index (Phi) is 7.27. The Balaban J connectivity index is 3.32. The number of rotatable bonds is 8. The van der Waals surface area contributed by atoms with Gasteiger partial charge in [-0.2, -0.15) is 0 Å². The van der Waals surface area contributed by atoms with Gasteiger partial charge in [0, 0.05) is 33.6 Å². The summed E-state index contributed by atoms with van der Waals surface area (Å²) in [5.74, 6) is 0.107. The fourth-order valence-corrected chi connectivity index (χ4v) is 1.51. The highest BCUT2D eigenvalue weighted by Gasteiger charge is 2.02. The quantitative estimate of drug-likeness (QED) is 0.542. The molecule has 0 aliphatic carbocycles. The van der Waals surface area contributed by atoms with E-state index in [4.69, 9.17) is 0 Å². The van der Waals surface area contributed by atoms with Crippen LogP contribution in [-0.4, -0.2) is 59.2 Å². The molecule has 0 unspecified atom stereocenters. The van der Waals surface area contributed by atoms with Gasteiger partial charge in [-0.05, 0) is 13.0 Å². The summed E-state index contributed by atoms with van der Waals surface area (Å²) in [4.78, 5) is 12.7. The van der Waals surface area contributed by atoms with E-state index in [1.807, 2.05) is 0 Å². The van der Waals surface area contributed by atoms with Crippen LogP contribution in [0.15, 0.2) is 0 Å². The molecule has 0 aliphatic heterocycles. The zero-order chi connectivity index (χ0) is 12.6. The molecule has 0 radical (unpaired) electrons. The van der Waals surface area contributed by atoms with Crippen LogP contribution in [-0.2, 0) is 14.8 Å². The molecule has 0 saturated heterocycles. The number of hydrogen-bond donors (Lipinski definition) is 2. The molecule has 0 atom stereocenters. The Morgan fingerprint density at radius 1 is 1.19 bits per heavy atom. The lowest BCUT2D eigenvalue weighted by molar-refractivity contribution is -0.128. The topological polar surface area (TPSA) is 78.5 Å². The first-order valence-electron chi connectivity index (χ1n) is 5.18. The van der Waals surface area contributed by atoms with Crippen molar-refractivity contribution < 1.29 is 13.2 Å². The molecule has 2 N–H and O–H groups in total. The maximum absolute atomic E-state index is 11.2. The third-order valence-electron chi connectivity index (χ3n) is 1.91. The highest BCUT2D eigenvalue weighted by atomic mass is 32.2. The number of carbonyl (C=O) groups is 1. The van der Waals surface area contributed by atoms with Crippen molar-refractivity contribution in [3.05, 3.63) is 0 Å². The standard InChI is InChI=1S/C9H21N3O3S/c1-12(2)9(13)5-4-6-10-7-8-11-16(3,14)15/h10-11H,4-8H2,1-3H3. The monoisotopic (exact) mass is 251 g/mol. The molecular formula is C9H21N3O3S. The summed E-state index contributed by atoms with van der Waals surface area (Å²) in [6.07, 6.45) is 2.40. The van der Waals surface area contributed by atoms with E-state index in [0.717, 1.165) is 12.7 Å². The van der Waals surface area contributed by atoms with Gasteiger partial charge in [0.2, 0.25) is 15.9 Å². The molecule has 0 bridgehead atoms. The lowest BCUT2D eigenvalue weighted by Crippen LogP contribution is -2.31. The Morgan fingerprint density at radius 2 is 1.81 bits per heavy atom. The Bertz CT molecular complexity index is 301. The smallest absolute Gasteiger partial charge is 0.222 e. The minimum atomic E-state index is -3.09. The summed E-state index contributed by atoms with van der Waals surface area (Å²) in [5, 5.41) is 3.05. The van der Waals surface area contributed by atoms with Crippen LogP contribution in [0.3, 0.4) is 0 Å². The second-order valence-electron chi connectivity index (χ2n) is 3.81. The lowest BCUT2D eigenvalue weighted by Gasteiger charge is -2.10. The summed E-state index contributed by atoms with van der Waals surface area (Å²) in [6.45, 7) is 1.66. The molecule has 7 heteroatoms. The molecule has 0 heterocycles. The van der Waals surface area contributed by atoms with E-state index in [1.54, 1.807) is 19.0 Å². The van der Waals surface area contributed by atoms with Gasteiger partial charge in [0.1, 0.15) is 0 Å². The fourth-order valence-electron chi connectivity index (χ4n) is 1.04. The molecule has 0 spiro atoms. The van der Waals surface area contributed by atoms with Crippen molar-refractivity contribution in [1.29, 1.82) is 0 Å². The maximum Gasteiger partial charge on any atom is 0.222 e. The van der Waals surface area contributed by atoms with Crippen LogP contribution in [0.1, 0.15) is 12.8 Å². The van der Waals surface area contributed by atoms with Crippen LogP contribution in [0.2, 0.25) is 0 Å². The molecule has 6 nitrogen and oxygen atoms in total. The largest absolute Gasteiger partial charge is 0.349 e. The van der Waals surface area contributed by atoms with E-state index in [2.05, 4.69) is 10.0 Å². The second-order valence-corrected chi connectivity index (χ2v) is 5.64. The van der Waals surface area contributed by atoms with Crippen LogP contribution < -0.4 is 10.0 Å². The third kappa shape index (κ3) is 9.88. The fraction of sp³-hybridized carbons (Fsp3) is 0.889. The SMILES string of the molecule is CN(C)C(=O)CCCNCCNS(C)(=O)=O. The number of nitrogens with zero attached hydrogens (tertiary/aromatic N) is 1. The molecular weight excluding hydrogens is 230 g/mol. The van der Waals surface area contributed by atoms with E-state index in [1.165, 1.54) is 0 Å². The van der Waals surface area contributed by atoms with E-state index in [-0.39, 0.29) is 5.91 Å². The van der Waals surface area contributed by atoms with Crippen LogP contribution >= 0.6 is 0 Å². The van der Waals surface area contributed by atoms with Crippen LogP contribution in [0, 0.1) is 0 Å². The van der Waals surface area contributed by atoms with Crippen molar-refractivity contribution in [2.24, 2.45) is 0 Å². The maximum atomic E-state index is 11.2. The van der Waals surface area contributed by atoms with Crippen molar-refractivity contribution >= 4 is 15.9 Å². The van der Waals surface area contributed by atoms with Crippen molar-refractivity contribution in [2.45, 2.75) is 12.8 Å². The van der Waals surface area contributed by atoms with Gasteiger partial charge in [0.25, 0.3) is 0 Å². The first-order valence-corrected chi connectivity index (χ1v) is 7.07. The average Bonchev–Trinajstić information content (AvgIpc) is 2.14. The average molecular weight is 251 g/mol. The minimum absolute atomic E-state index is 0.107. The molecule has 1 amide bonds. The molecule has 96 valence electrons. The van der Waals surface area contributed by atoms with E-state index >= 15 is 0 Å². The van der Waals surface area contributed by atoms with E-state index in [0.29, 0.717) is 26.1 Å². The van der Waals surface area contributed by atoms with Gasteiger partial charge in [-0.3, -0.25) is 4.79 Å². The van der Waals surface area contributed by atoms with Crippen LogP contribution in [0.5, 0.6) is 0 Å². The van der Waals surface area contributed by atoms with Gasteiger partial charge >= 0.3 is 0 Å². The van der Waals surface area contributed by atoms with Crippen molar-refractivity contribution in [2.75, 3.05) is 40.0 Å². The van der Waals surface area contributed by atoms with Gasteiger partial charge in [-0.25, -0.2) is 13.1 Å². The van der Waals surface area contributed by atoms with Crippen molar-refractivity contribution in [1.82, 2.24) is 14.9 Å². The summed E-state index contributed by atoms with van der Waals surface area (Å²) in [6, 6.07) is 0. The summed E-state index contributed by atoms with van der Waals surface area (Å²) in [5.41, 5.74) is 0. The van der Waals surface area contributed by atoms with Gasteiger partial charge in [0.05, 0.1) is 6.26 Å². The summed E-state index contributed by atoms with van der Waals surface area (Å²) < 4.78 is 23.8. The molecule has 0 rings (SSSR count). The van der Waals surface area contributed by atoms with Crippen LogP contribution in [0.4, 0.5) is 0 Å². The number of sulfonamides is 1. The summed E-state index contributed by atoms with van der Waals surface area (Å²) >= 11 is 0. The van der Waals surface area contributed by atoms with Gasteiger partial charge < -0.3 is 10.2 Å². The van der Waals surface area contributed by atoms with Crippen molar-refractivity contribution in [3.8, 4) is 0 Å². The second kappa shape index (κ2) is 7.59. The first-order chi connectivity index (χ1) is 7.33. The Morgan fingerprint density at radius 3 is 2.31 bits per heavy atom.